The summed E-state index contributed by atoms with van der Waals surface area (Å²) in [5, 5.41) is 3.47. The summed E-state index contributed by atoms with van der Waals surface area (Å²) in [6.07, 6.45) is 1.83. The van der Waals surface area contributed by atoms with Gasteiger partial charge in [-0.3, -0.25) is 4.98 Å². The smallest absolute Gasteiger partial charge is 0.0702 e. The maximum atomic E-state index is 5.14. The number of benzene rings is 1. The van der Waals surface area contributed by atoms with Gasteiger partial charge in [0, 0.05) is 18.3 Å². The minimum Gasteiger partial charge on any atom is -0.378 e. The molecule has 3 nitrogen and oxygen atoms in total. The van der Waals surface area contributed by atoms with E-state index in [1.54, 1.807) is 0 Å². The Balaban J connectivity index is 1.72. The lowest BCUT2D eigenvalue weighted by atomic mass is 10.1. The van der Waals surface area contributed by atoms with Crippen LogP contribution in [-0.4, -0.2) is 24.2 Å². The Kier molecular flexibility index (Phi) is 3.35. The summed E-state index contributed by atoms with van der Waals surface area (Å²) in [5.74, 6) is 0. The molecule has 0 aliphatic carbocycles. The van der Waals surface area contributed by atoms with Crippen LogP contribution >= 0.6 is 0 Å². The molecule has 2 heterocycles. The summed E-state index contributed by atoms with van der Waals surface area (Å²) in [6, 6.07) is 15.0. The van der Waals surface area contributed by atoms with E-state index in [1.165, 1.54) is 11.1 Å². The first-order chi connectivity index (χ1) is 8.92. The Morgan fingerprint density at radius 1 is 1.17 bits per heavy atom. The molecule has 3 rings (SSSR count). The summed E-state index contributed by atoms with van der Waals surface area (Å²) in [4.78, 5) is 4.37. The number of rotatable bonds is 4. The van der Waals surface area contributed by atoms with Crippen molar-refractivity contribution in [3.63, 3.8) is 0 Å². The molecule has 1 saturated heterocycles. The van der Waals surface area contributed by atoms with Crippen LogP contribution in [0.1, 0.15) is 5.56 Å². The number of hydrogen-bond acceptors (Lipinski definition) is 3. The predicted molar refractivity (Wildman–Crippen MR) is 71.1 cm³/mol. The third kappa shape index (κ3) is 2.58. The summed E-state index contributed by atoms with van der Waals surface area (Å²) in [7, 11) is 0. The molecule has 2 aromatic rings. The summed E-state index contributed by atoms with van der Waals surface area (Å²) < 4.78 is 5.14. The Labute approximate surface area is 107 Å². The zero-order valence-electron chi connectivity index (χ0n) is 10.2. The molecular formula is C15H16N2O. The van der Waals surface area contributed by atoms with Crippen molar-refractivity contribution in [3.8, 4) is 11.3 Å². The number of nitrogens with zero attached hydrogens (tertiary/aromatic N) is 1. The largest absolute Gasteiger partial charge is 0.378 e. The standard InChI is InChI=1S/C15H16N2O/c1-2-7-16-15(6-1)13-5-3-4-12(8-13)9-17-14-10-18-11-14/h1-8,14,17H,9-11H2. The van der Waals surface area contributed by atoms with Gasteiger partial charge in [0.05, 0.1) is 24.9 Å². The highest BCUT2D eigenvalue weighted by atomic mass is 16.5. The monoisotopic (exact) mass is 240 g/mol. The maximum Gasteiger partial charge on any atom is 0.0702 e. The Morgan fingerprint density at radius 3 is 2.83 bits per heavy atom. The van der Waals surface area contributed by atoms with Crippen LogP contribution in [0.25, 0.3) is 11.3 Å². The Bertz CT molecular complexity index is 509. The fourth-order valence-electron chi connectivity index (χ4n) is 1.99. The van der Waals surface area contributed by atoms with E-state index >= 15 is 0 Å². The van der Waals surface area contributed by atoms with Crippen molar-refractivity contribution in [2.24, 2.45) is 0 Å². The van der Waals surface area contributed by atoms with Gasteiger partial charge in [0.15, 0.2) is 0 Å². The number of aromatic nitrogens is 1. The number of pyridine rings is 1. The van der Waals surface area contributed by atoms with E-state index in [0.717, 1.165) is 25.5 Å². The van der Waals surface area contributed by atoms with Crippen molar-refractivity contribution in [2.45, 2.75) is 12.6 Å². The average Bonchev–Trinajstić information content (AvgIpc) is 2.38. The van der Waals surface area contributed by atoms with Crippen molar-refractivity contribution in [1.82, 2.24) is 10.3 Å². The van der Waals surface area contributed by atoms with E-state index in [0.29, 0.717) is 6.04 Å². The molecule has 3 heteroatoms. The van der Waals surface area contributed by atoms with Gasteiger partial charge in [0.1, 0.15) is 0 Å². The molecule has 1 aliphatic rings. The second-order valence-corrected chi connectivity index (χ2v) is 4.53. The molecule has 0 spiro atoms. The summed E-state index contributed by atoms with van der Waals surface area (Å²) in [6.45, 7) is 2.55. The van der Waals surface area contributed by atoms with Gasteiger partial charge in [-0.2, -0.15) is 0 Å². The molecule has 1 N–H and O–H groups in total. The highest BCUT2D eigenvalue weighted by Gasteiger charge is 2.16. The predicted octanol–water partition coefficient (Wildman–Crippen LogP) is 2.24. The highest BCUT2D eigenvalue weighted by Crippen LogP contribution is 2.17. The van der Waals surface area contributed by atoms with Crippen LogP contribution in [0.3, 0.4) is 0 Å². The fraction of sp³-hybridized carbons (Fsp3) is 0.267. The van der Waals surface area contributed by atoms with E-state index in [1.807, 2.05) is 24.4 Å². The van der Waals surface area contributed by atoms with E-state index in [4.69, 9.17) is 4.74 Å². The normalized spacial score (nSPS) is 15.3. The molecule has 0 saturated carbocycles. The third-order valence-corrected chi connectivity index (χ3v) is 3.12. The Morgan fingerprint density at radius 2 is 2.11 bits per heavy atom. The van der Waals surface area contributed by atoms with Gasteiger partial charge < -0.3 is 10.1 Å². The quantitative estimate of drug-likeness (QED) is 0.890. The van der Waals surface area contributed by atoms with E-state index < -0.39 is 0 Å². The highest BCUT2D eigenvalue weighted by molar-refractivity contribution is 5.59. The van der Waals surface area contributed by atoms with Crippen LogP contribution in [0.4, 0.5) is 0 Å². The van der Waals surface area contributed by atoms with Crippen molar-refractivity contribution in [2.75, 3.05) is 13.2 Å². The lowest BCUT2D eigenvalue weighted by Gasteiger charge is -2.27. The SMILES string of the molecule is c1ccc(-c2cccc(CNC3COC3)c2)nc1. The topological polar surface area (TPSA) is 34.1 Å². The van der Waals surface area contributed by atoms with Crippen LogP contribution in [0.2, 0.25) is 0 Å². The molecule has 0 bridgehead atoms. The van der Waals surface area contributed by atoms with E-state index in [-0.39, 0.29) is 0 Å². The van der Waals surface area contributed by atoms with Crippen molar-refractivity contribution >= 4 is 0 Å². The molecule has 0 radical (unpaired) electrons. The molecule has 1 aromatic carbocycles. The summed E-state index contributed by atoms with van der Waals surface area (Å²) in [5.41, 5.74) is 3.47. The van der Waals surface area contributed by atoms with Crippen LogP contribution in [0.5, 0.6) is 0 Å². The second-order valence-electron chi connectivity index (χ2n) is 4.53. The van der Waals surface area contributed by atoms with Gasteiger partial charge in [-0.05, 0) is 23.8 Å². The third-order valence-electron chi connectivity index (χ3n) is 3.12. The number of ether oxygens (including phenoxy) is 1. The lowest BCUT2D eigenvalue weighted by Crippen LogP contribution is -2.45. The first kappa shape index (κ1) is 11.4. The number of hydrogen-bond donors (Lipinski definition) is 1. The summed E-state index contributed by atoms with van der Waals surface area (Å²) >= 11 is 0. The Hall–Kier alpha value is -1.71. The minimum absolute atomic E-state index is 0.517. The first-order valence-corrected chi connectivity index (χ1v) is 6.23. The van der Waals surface area contributed by atoms with Crippen LogP contribution in [0.15, 0.2) is 48.7 Å². The van der Waals surface area contributed by atoms with Gasteiger partial charge >= 0.3 is 0 Å². The second kappa shape index (κ2) is 5.29. The maximum absolute atomic E-state index is 5.14. The van der Waals surface area contributed by atoms with Gasteiger partial charge in [-0.25, -0.2) is 0 Å². The molecular weight excluding hydrogens is 224 g/mol. The zero-order chi connectivity index (χ0) is 12.2. The molecule has 0 atom stereocenters. The van der Waals surface area contributed by atoms with Crippen molar-refractivity contribution in [3.05, 3.63) is 54.2 Å². The molecule has 0 amide bonds. The molecule has 18 heavy (non-hydrogen) atoms. The van der Waals surface area contributed by atoms with Gasteiger partial charge in [0.2, 0.25) is 0 Å². The first-order valence-electron chi connectivity index (χ1n) is 6.23. The zero-order valence-corrected chi connectivity index (χ0v) is 10.2. The van der Waals surface area contributed by atoms with Crippen LogP contribution in [0, 0.1) is 0 Å². The van der Waals surface area contributed by atoms with Crippen molar-refractivity contribution in [1.29, 1.82) is 0 Å². The lowest BCUT2D eigenvalue weighted by molar-refractivity contribution is -0.00578. The molecule has 1 fully saturated rings. The van der Waals surface area contributed by atoms with Gasteiger partial charge in [-0.1, -0.05) is 24.3 Å². The van der Waals surface area contributed by atoms with Crippen LogP contribution in [-0.2, 0) is 11.3 Å². The van der Waals surface area contributed by atoms with Gasteiger partial charge in [-0.15, -0.1) is 0 Å². The molecule has 1 aromatic heterocycles. The van der Waals surface area contributed by atoms with Gasteiger partial charge in [0.25, 0.3) is 0 Å². The van der Waals surface area contributed by atoms with Crippen LogP contribution < -0.4 is 5.32 Å². The molecule has 0 unspecified atom stereocenters. The fourth-order valence-corrected chi connectivity index (χ4v) is 1.99. The minimum atomic E-state index is 0.517. The van der Waals surface area contributed by atoms with E-state index in [9.17, 15) is 0 Å². The molecule has 1 aliphatic heterocycles. The van der Waals surface area contributed by atoms with E-state index in [2.05, 4.69) is 34.6 Å². The number of nitrogens with one attached hydrogen (secondary N) is 1. The van der Waals surface area contributed by atoms with Crippen molar-refractivity contribution < 1.29 is 4.74 Å². The molecule has 92 valence electrons. The average molecular weight is 240 g/mol.